The van der Waals surface area contributed by atoms with Gasteiger partial charge in [-0.15, -0.1) is 0 Å². The Morgan fingerprint density at radius 3 is 1.42 bits per heavy atom. The first-order chi connectivity index (χ1) is 55.4. The van der Waals surface area contributed by atoms with Crippen LogP contribution in [0.2, 0.25) is 177 Å². The van der Waals surface area contributed by atoms with E-state index in [1.807, 2.05) is 117 Å². The van der Waals surface area contributed by atoms with E-state index in [0.29, 0.717) is 37.9 Å². The molecule has 0 radical (unpaired) electrons. The average Bonchev–Trinajstić information content (AvgIpc) is 1.00. The van der Waals surface area contributed by atoms with Crippen molar-refractivity contribution in [3.05, 3.63) is 169 Å². The minimum atomic E-state index is -2.58. The van der Waals surface area contributed by atoms with Crippen molar-refractivity contribution in [2.45, 2.75) is 347 Å². The van der Waals surface area contributed by atoms with Gasteiger partial charge in [-0.2, -0.15) is 0 Å². The highest BCUT2D eigenvalue weighted by Gasteiger charge is 2.52. The Morgan fingerprint density at radius 1 is 0.467 bits per heavy atom. The molecule has 2 aromatic carbocycles. The number of esters is 2. The summed E-state index contributed by atoms with van der Waals surface area (Å²) in [6.45, 7) is 71.0. The third kappa shape index (κ3) is 38.4. The lowest BCUT2D eigenvalue weighted by Gasteiger charge is -2.49. The van der Waals surface area contributed by atoms with Crippen LogP contribution in [0, 0.1) is 17.8 Å². The zero-order valence-corrected chi connectivity index (χ0v) is 88.2. The zero-order chi connectivity index (χ0) is 89.7. The summed E-state index contributed by atoms with van der Waals surface area (Å²) in [5, 5.41) is 3.32. The Labute approximate surface area is 734 Å². The molecule has 1 amide bonds. The first kappa shape index (κ1) is 104. The molecule has 3 heterocycles. The standard InChI is InChI=1S/C92H157NO18Si9/c1-33-58-97-90(95)85-82-61-70(102-91-89(111-120(30,31)32)86(88(69(5)100-91)110-119(27,28)29)93-92(96)98-65-79-77-54-48-46-52-75(77)76-53-47-49-55-78(76)79)51-45-43-41-39-37-35-34-36-38-40-42-44-50-66(2)87(109-118(24,25)26)67(3)68(4)99-84(94)64-74(105-114(12,13)14)59-71(103-112(6,7)8)56-57-80(106-115(15,16)17)81(107-116(18,19)20)63-73(104-113(9,10)11)60-72(101-82)62-83(85)108-117(21,22)23/h33-55,62,66-71,73-74,79-83,85-89,91H,1,56-61,63-65H2,2-32H3,(H,93,96)/t66-,67-,68-,69+,70-,71+,73+,74+,80+,81+,82-,83-,85-,86-,87+,88+,89-,91-/m0/s1. The maximum absolute atomic E-state index is 15.3. The van der Waals surface area contributed by atoms with Crippen LogP contribution in [0.25, 0.3) is 11.1 Å². The van der Waals surface area contributed by atoms with Gasteiger partial charge in [-0.05, 0) is 244 Å². The fraction of sp³-hybridized carbons (Fsp3) is 0.641. The summed E-state index contributed by atoms with van der Waals surface area (Å²) in [6, 6.07) is 15.8. The van der Waals surface area contributed by atoms with Gasteiger partial charge >= 0.3 is 18.0 Å². The van der Waals surface area contributed by atoms with Crippen molar-refractivity contribution in [1.29, 1.82) is 0 Å². The summed E-state index contributed by atoms with van der Waals surface area (Å²) >= 11 is 0. The SMILES string of the molecule is C=CCOC(=O)[C@@H]1[C@@H](O[Si](C)(C)C)C=C2C[C@@H](O[Si](C)(C)C)C[C@@H](O[Si](C)(C)C)[C@H](O[Si](C)(C)C)CC[C@@H](O[Si](C)(C)C)C[C@@H](O[Si](C)(C)C)CC(=O)O[C@@H](C)[C@H](C)[C@H](O[Si](C)(C)C)[C@@H](C)C=CC=CC=CC=CC=CC=CC=C[C@H](O[C@@H]3O[C@H](C)[C@@H](O[Si](C)(C)C)[C@H](NC(=O)OCC4c5ccccc5-c5ccccc54)[C@@H]3O[Si](C)(C)C)C[C@@H]1O2. The summed E-state index contributed by atoms with van der Waals surface area (Å²) in [7, 11) is -21.2. The number of carbonyl (C=O) groups excluding carboxylic acids is 3. The number of benzene rings is 2. The Morgan fingerprint density at radius 2 is 0.917 bits per heavy atom. The molecule has 0 aromatic heterocycles. The summed E-state index contributed by atoms with van der Waals surface area (Å²) in [4.78, 5) is 44.7. The number of ether oxygens (including phenoxy) is 6. The topological polar surface area (TPSA) is 202 Å². The Balaban J connectivity index is 1.54. The lowest BCUT2D eigenvalue weighted by atomic mass is 9.88. The number of amides is 1. The molecule has 28 heteroatoms. The van der Waals surface area contributed by atoms with E-state index in [4.69, 9.17) is 68.3 Å². The normalized spacial score (nSPS) is 28.5. The number of hydrogen-bond donors (Lipinski definition) is 1. The Bertz CT molecular complexity index is 3770. The van der Waals surface area contributed by atoms with E-state index in [0.717, 1.165) is 22.3 Å². The second-order valence-corrected chi connectivity index (χ2v) is 81.9. The summed E-state index contributed by atoms with van der Waals surface area (Å²) in [5.41, 5.74) is 4.45. The molecular formula is C92H157NO18Si9. The minimum absolute atomic E-state index is 0.00942. The van der Waals surface area contributed by atoms with Crippen LogP contribution in [0.3, 0.4) is 0 Å². The fourth-order valence-electron chi connectivity index (χ4n) is 15.7. The molecule has 1 saturated heterocycles. The molecule has 19 nitrogen and oxygen atoms in total. The van der Waals surface area contributed by atoms with E-state index in [-0.39, 0.29) is 62.0 Å². The molecule has 0 unspecified atom stereocenters. The van der Waals surface area contributed by atoms with E-state index >= 15 is 4.79 Å². The molecule has 3 aliphatic heterocycles. The Kier molecular flexibility index (Phi) is 39.9. The van der Waals surface area contributed by atoms with Crippen molar-refractivity contribution in [1.82, 2.24) is 5.32 Å². The van der Waals surface area contributed by atoms with Gasteiger partial charge in [0.1, 0.15) is 37.4 Å². The van der Waals surface area contributed by atoms with E-state index in [9.17, 15) is 9.59 Å². The van der Waals surface area contributed by atoms with Gasteiger partial charge in [0.2, 0.25) is 0 Å². The Hall–Kier alpha value is -4.38. The maximum atomic E-state index is 15.3. The molecule has 6 rings (SSSR count). The number of alkyl carbamates (subject to hydrolysis) is 1. The van der Waals surface area contributed by atoms with Gasteiger partial charge in [0, 0.05) is 37.2 Å². The van der Waals surface area contributed by atoms with Crippen molar-refractivity contribution in [3.63, 3.8) is 0 Å². The third-order valence-electron chi connectivity index (χ3n) is 19.8. The number of fused-ring (bicyclic) bond motifs is 5. The molecule has 2 aromatic rings. The van der Waals surface area contributed by atoms with Gasteiger partial charge in [-0.3, -0.25) is 9.59 Å². The highest BCUT2D eigenvalue weighted by Crippen LogP contribution is 2.46. The van der Waals surface area contributed by atoms with Crippen LogP contribution in [0.4, 0.5) is 4.79 Å². The predicted molar refractivity (Wildman–Crippen MR) is 513 cm³/mol. The number of nitrogens with one attached hydrogen (secondary N) is 1. The summed E-state index contributed by atoms with van der Waals surface area (Å²) in [6.07, 6.45) is 24.6. The van der Waals surface area contributed by atoms with Gasteiger partial charge in [0.05, 0.1) is 73.2 Å². The third-order valence-corrected chi connectivity index (χ3v) is 28.9. The van der Waals surface area contributed by atoms with Crippen LogP contribution in [-0.2, 0) is 77.8 Å². The van der Waals surface area contributed by atoms with Crippen molar-refractivity contribution in [3.8, 4) is 11.1 Å². The first-order valence-corrected chi connectivity index (χ1v) is 74.6. The second-order valence-electron chi connectivity index (χ2n) is 41.8. The number of cyclic esters (lactones) is 1. The van der Waals surface area contributed by atoms with Crippen LogP contribution in [0.15, 0.2) is 158 Å². The number of rotatable bonds is 26. The van der Waals surface area contributed by atoms with E-state index < -0.39 is 172 Å². The number of hydrogen-bond acceptors (Lipinski definition) is 18. The monoisotopic (exact) mass is 1820 g/mol. The molecule has 0 saturated carbocycles. The summed E-state index contributed by atoms with van der Waals surface area (Å²) < 4.78 is 106. The van der Waals surface area contributed by atoms with Crippen molar-refractivity contribution in [2.24, 2.45) is 17.8 Å². The van der Waals surface area contributed by atoms with Gasteiger partial charge in [-0.1, -0.05) is 160 Å². The molecule has 0 spiro atoms. The van der Waals surface area contributed by atoms with E-state index in [1.165, 1.54) is 0 Å². The first-order valence-electron chi connectivity index (χ1n) is 44.0. The van der Waals surface area contributed by atoms with Crippen molar-refractivity contribution < 1.29 is 82.6 Å². The van der Waals surface area contributed by atoms with Crippen LogP contribution in [0.5, 0.6) is 0 Å². The molecule has 1 aliphatic carbocycles. The number of carbonyl (C=O) groups is 3. The predicted octanol–water partition coefficient (Wildman–Crippen LogP) is 22.5. The summed E-state index contributed by atoms with van der Waals surface area (Å²) in [5.74, 6) is -1.52. The van der Waals surface area contributed by atoms with Crippen LogP contribution >= 0.6 is 0 Å². The molecule has 1 N–H and O–H groups in total. The minimum Gasteiger partial charge on any atom is -0.494 e. The van der Waals surface area contributed by atoms with Crippen molar-refractivity contribution in [2.75, 3.05) is 13.2 Å². The van der Waals surface area contributed by atoms with Gasteiger partial charge in [0.25, 0.3) is 0 Å². The highest BCUT2D eigenvalue weighted by molar-refractivity contribution is 6.72. The quantitative estimate of drug-likeness (QED) is 0.0403. The van der Waals surface area contributed by atoms with Gasteiger partial charge in [-0.25, -0.2) is 4.79 Å². The lowest BCUT2D eigenvalue weighted by Crippen LogP contribution is -2.68. The number of allylic oxidation sites excluding steroid dienone is 12. The highest BCUT2D eigenvalue weighted by atomic mass is 28.4. The average molecular weight is 1820 g/mol. The second kappa shape index (κ2) is 45.9. The molecule has 120 heavy (non-hydrogen) atoms. The largest absolute Gasteiger partial charge is 0.494 e. The van der Waals surface area contributed by atoms with Gasteiger partial charge < -0.3 is 73.6 Å². The van der Waals surface area contributed by atoms with Crippen molar-refractivity contribution >= 4 is 92.9 Å². The molecule has 2 bridgehead atoms. The van der Waals surface area contributed by atoms with E-state index in [1.54, 1.807) is 6.08 Å². The van der Waals surface area contributed by atoms with Crippen LogP contribution in [0.1, 0.15) is 89.7 Å². The zero-order valence-electron chi connectivity index (χ0n) is 79.2. The van der Waals surface area contributed by atoms with Gasteiger partial charge in [0.15, 0.2) is 81.1 Å². The maximum Gasteiger partial charge on any atom is 0.407 e. The molecule has 1 fully saturated rings. The lowest BCUT2D eigenvalue weighted by molar-refractivity contribution is -0.274. The smallest absolute Gasteiger partial charge is 0.407 e. The fourth-order valence-corrected chi connectivity index (χ4v) is 26.1. The van der Waals surface area contributed by atoms with Crippen LogP contribution < -0.4 is 5.32 Å². The molecule has 18 atom stereocenters. The van der Waals surface area contributed by atoms with E-state index in [2.05, 4.69) is 239 Å². The molecule has 674 valence electrons. The molecule has 4 aliphatic rings. The van der Waals surface area contributed by atoms with Crippen LogP contribution in [-0.4, -0.2) is 198 Å². The molecular weight excluding hydrogens is 1660 g/mol.